The molecule has 1 amide bonds. The average molecular weight is 571 g/mol. The van der Waals surface area contributed by atoms with E-state index in [4.69, 9.17) is 43.5 Å². The number of hydrogen-bond donors (Lipinski definition) is 5. The molecule has 2 unspecified atom stereocenters. The summed E-state index contributed by atoms with van der Waals surface area (Å²) in [6.07, 6.45) is -6.12. The molecule has 8 N–H and O–H groups in total. The van der Waals surface area contributed by atoms with Crippen molar-refractivity contribution in [2.24, 2.45) is 22.4 Å². The maximum atomic E-state index is 13.0. The minimum absolute atomic E-state index is 0.141. The number of aromatic nitrogens is 1. The highest BCUT2D eigenvalue weighted by Crippen LogP contribution is 2.20. The van der Waals surface area contributed by atoms with Crippen LogP contribution in [0, 0.1) is 6.92 Å². The second-order valence-corrected chi connectivity index (χ2v) is 9.22. The van der Waals surface area contributed by atoms with Crippen molar-refractivity contribution in [3.63, 3.8) is 0 Å². The van der Waals surface area contributed by atoms with Crippen LogP contribution in [0.5, 0.6) is 0 Å². The normalized spacial score (nSPS) is 12.8. The summed E-state index contributed by atoms with van der Waals surface area (Å²) in [7, 11) is -4.13. The molecule has 204 valence electrons. The van der Waals surface area contributed by atoms with Crippen molar-refractivity contribution in [3.8, 4) is 0 Å². The lowest BCUT2D eigenvalue weighted by Gasteiger charge is -2.24. The van der Waals surface area contributed by atoms with Crippen LogP contribution in [-0.2, 0) is 24.4 Å². The zero-order chi connectivity index (χ0) is 28.7. The number of halogens is 4. The van der Waals surface area contributed by atoms with Crippen LogP contribution in [0.15, 0.2) is 51.2 Å². The quantitative estimate of drug-likeness (QED) is 0.172. The molecule has 18 heteroatoms. The molecule has 2 atom stereocenters. The van der Waals surface area contributed by atoms with Gasteiger partial charge in [-0.05, 0) is 49.3 Å². The molecule has 0 aliphatic carbocycles. The minimum atomic E-state index is -5.08. The molecule has 0 radical (unpaired) electrons. The third kappa shape index (κ3) is 8.87. The lowest BCUT2D eigenvalue weighted by molar-refractivity contribution is -0.192. The van der Waals surface area contributed by atoms with Gasteiger partial charge in [-0.3, -0.25) is 18.9 Å². The predicted molar refractivity (Wildman–Crippen MR) is 126 cm³/mol. The molecule has 0 fully saturated rings. The number of carbonyl (C=O) groups excluding carboxylic acids is 1. The molecule has 0 saturated carbocycles. The Kier molecular flexibility index (Phi) is 10.3. The lowest BCUT2D eigenvalue weighted by atomic mass is 10.1. The van der Waals surface area contributed by atoms with Gasteiger partial charge in [0.25, 0.3) is 15.6 Å². The molecule has 0 bridgehead atoms. The number of nitrogens with one attached hydrogen (secondary N) is 1. The van der Waals surface area contributed by atoms with E-state index < -0.39 is 51.7 Å². The maximum absolute atomic E-state index is 13.0. The molecule has 1 heterocycles. The van der Waals surface area contributed by atoms with Gasteiger partial charge in [-0.15, -0.1) is 0 Å². The van der Waals surface area contributed by atoms with Crippen molar-refractivity contribution in [3.05, 3.63) is 57.5 Å². The van der Waals surface area contributed by atoms with Crippen LogP contribution in [-0.4, -0.2) is 48.2 Å². The van der Waals surface area contributed by atoms with Crippen molar-refractivity contribution < 1.29 is 41.1 Å². The Morgan fingerprint density at radius 3 is 2.22 bits per heavy atom. The van der Waals surface area contributed by atoms with E-state index >= 15 is 0 Å². The topological polar surface area (TPSA) is 222 Å². The van der Waals surface area contributed by atoms with Crippen LogP contribution < -0.4 is 27.5 Å². The van der Waals surface area contributed by atoms with E-state index in [0.717, 1.165) is 4.57 Å². The fourth-order valence-corrected chi connectivity index (χ4v) is 4.03. The molecule has 1 aromatic heterocycles. The van der Waals surface area contributed by atoms with Crippen LogP contribution >= 0.6 is 11.6 Å². The third-order valence-corrected chi connectivity index (χ3v) is 5.85. The van der Waals surface area contributed by atoms with Crippen LogP contribution in [0.3, 0.4) is 0 Å². The number of benzene rings is 1. The number of carboxylic acids is 1. The number of primary amides is 1. The number of guanidine groups is 1. The first-order valence-corrected chi connectivity index (χ1v) is 11.6. The van der Waals surface area contributed by atoms with Crippen molar-refractivity contribution in [2.45, 2.75) is 37.1 Å². The van der Waals surface area contributed by atoms with Gasteiger partial charge in [0.15, 0.2) is 12.1 Å². The Labute approximate surface area is 212 Å². The Bertz CT molecular complexity index is 1340. The molecule has 0 spiro atoms. The summed E-state index contributed by atoms with van der Waals surface area (Å²) in [5, 5.41) is 10.7. The molecule has 1 aromatic carbocycles. The molecule has 0 aliphatic rings. The van der Waals surface area contributed by atoms with Crippen molar-refractivity contribution in [1.82, 2.24) is 4.57 Å². The zero-order valence-electron chi connectivity index (χ0n) is 19.1. The average Bonchev–Trinajstić information content (AvgIpc) is 2.76. The first-order valence-electron chi connectivity index (χ1n) is 9.73. The minimum Gasteiger partial charge on any atom is -0.475 e. The number of amides is 1. The molecule has 2 rings (SSSR count). The van der Waals surface area contributed by atoms with E-state index in [9.17, 15) is 31.2 Å². The van der Waals surface area contributed by atoms with Crippen LogP contribution in [0.4, 0.5) is 18.9 Å². The number of sulfonamides is 1. The summed E-state index contributed by atoms with van der Waals surface area (Å²) in [6, 6.07) is 6.91. The van der Waals surface area contributed by atoms with Crippen LogP contribution in [0.2, 0.25) is 5.02 Å². The van der Waals surface area contributed by atoms with Crippen molar-refractivity contribution >= 4 is 45.1 Å². The Morgan fingerprint density at radius 2 is 1.76 bits per heavy atom. The van der Waals surface area contributed by atoms with E-state index in [2.05, 4.69) is 9.88 Å². The van der Waals surface area contributed by atoms with Gasteiger partial charge in [-0.25, -0.2) is 13.2 Å². The summed E-state index contributed by atoms with van der Waals surface area (Å²) < 4.78 is 60.2. The number of carboxylic acid groups (broad SMARTS) is 1. The highest BCUT2D eigenvalue weighted by molar-refractivity contribution is 7.92. The second-order valence-electron chi connectivity index (χ2n) is 7.10. The number of carbonyl (C=O) groups is 2. The van der Waals surface area contributed by atoms with Gasteiger partial charge in [-0.1, -0.05) is 17.7 Å². The number of nitrogens with zero attached hydrogens (tertiary/aromatic N) is 2. The van der Waals surface area contributed by atoms with E-state index in [1.54, 1.807) is 6.92 Å². The lowest BCUT2D eigenvalue weighted by Crippen LogP contribution is -2.42. The predicted octanol–water partition coefficient (Wildman–Crippen LogP) is 0.864. The van der Waals surface area contributed by atoms with Gasteiger partial charge in [0, 0.05) is 10.7 Å². The number of oxime groups is 1. The maximum Gasteiger partial charge on any atom is 0.490 e. The highest BCUT2D eigenvalue weighted by Gasteiger charge is 2.38. The molecule has 0 saturated heterocycles. The largest absolute Gasteiger partial charge is 0.490 e. The Balaban J connectivity index is 0.000000856. The van der Waals surface area contributed by atoms with E-state index in [1.807, 2.05) is 0 Å². The number of pyridine rings is 1. The van der Waals surface area contributed by atoms with E-state index in [-0.39, 0.29) is 15.6 Å². The van der Waals surface area contributed by atoms with Gasteiger partial charge < -0.3 is 27.1 Å². The Hall–Kier alpha value is -3.99. The number of aliphatic carboxylic acids is 1. The second kappa shape index (κ2) is 12.3. The molecule has 2 aromatic rings. The van der Waals surface area contributed by atoms with Gasteiger partial charge in [-0.2, -0.15) is 13.2 Å². The summed E-state index contributed by atoms with van der Waals surface area (Å²) in [4.78, 5) is 38.9. The standard InChI is InChI=1S/C17H21ClN6O5S.C2HF3O2/c1-9-6-7-13(23-30(27,28)12-5-3-4-11(18)8-12)16(26)24(9)14(15(19)25)10(2)29-22-17(20)21;3-2(4,5)1(6)7/h3-8,10,14,23H,1-2H3,(H2,19,25)(H4,20,21,22);(H,6,7). The molecule has 37 heavy (non-hydrogen) atoms. The Morgan fingerprint density at radius 1 is 1.19 bits per heavy atom. The highest BCUT2D eigenvalue weighted by atomic mass is 35.5. The van der Waals surface area contributed by atoms with Gasteiger partial charge in [0.2, 0.25) is 11.9 Å². The SMILES string of the molecule is Cc1ccc(NS(=O)(=O)c2cccc(Cl)c2)c(=O)n1C(C(N)=O)C(C)ON=C(N)N.O=C(O)C(F)(F)F. The van der Waals surface area contributed by atoms with Crippen LogP contribution in [0.25, 0.3) is 0 Å². The number of hydrogen-bond acceptors (Lipinski definition) is 7. The third-order valence-electron chi connectivity index (χ3n) is 4.25. The zero-order valence-corrected chi connectivity index (χ0v) is 20.6. The fourth-order valence-electron chi connectivity index (χ4n) is 2.68. The molecule has 0 aliphatic heterocycles. The summed E-state index contributed by atoms with van der Waals surface area (Å²) in [6.45, 7) is 2.97. The van der Waals surface area contributed by atoms with Gasteiger partial charge in [0.1, 0.15) is 5.69 Å². The first kappa shape index (κ1) is 31.0. The first-order chi connectivity index (χ1) is 16.9. The number of anilines is 1. The van der Waals surface area contributed by atoms with Gasteiger partial charge >= 0.3 is 12.1 Å². The summed E-state index contributed by atoms with van der Waals surface area (Å²) in [5.41, 5.74) is 15.1. The van der Waals surface area contributed by atoms with Gasteiger partial charge in [0.05, 0.1) is 4.90 Å². The summed E-state index contributed by atoms with van der Waals surface area (Å²) in [5.74, 6) is -4.06. The summed E-state index contributed by atoms with van der Waals surface area (Å²) >= 11 is 5.84. The molecule has 13 nitrogen and oxygen atoms in total. The van der Waals surface area contributed by atoms with Crippen molar-refractivity contribution in [2.75, 3.05) is 4.72 Å². The number of alkyl halides is 3. The monoisotopic (exact) mass is 570 g/mol. The van der Waals surface area contributed by atoms with Crippen LogP contribution in [0.1, 0.15) is 18.7 Å². The molecular formula is C19H22ClF3N6O7S. The fraction of sp³-hybridized carbons (Fsp3) is 0.263. The number of rotatable bonds is 8. The number of aryl methyl sites for hydroxylation is 1. The van der Waals surface area contributed by atoms with E-state index in [1.165, 1.54) is 43.3 Å². The van der Waals surface area contributed by atoms with E-state index in [0.29, 0.717) is 5.69 Å². The number of nitrogens with two attached hydrogens (primary N) is 3. The van der Waals surface area contributed by atoms with Crippen molar-refractivity contribution in [1.29, 1.82) is 0 Å². The molecular weight excluding hydrogens is 549 g/mol. The smallest absolute Gasteiger partial charge is 0.475 e.